The predicted molar refractivity (Wildman–Crippen MR) is 68.6 cm³/mol. The number of rotatable bonds is 5. The minimum Gasteiger partial charge on any atom is -0.493 e. The van der Waals surface area contributed by atoms with Gasteiger partial charge in [0.05, 0.1) is 13.5 Å². The van der Waals surface area contributed by atoms with Crippen molar-refractivity contribution >= 4 is 11.9 Å². The van der Waals surface area contributed by atoms with Crippen LogP contribution in [-0.4, -0.2) is 43.9 Å². The van der Waals surface area contributed by atoms with Gasteiger partial charge in [0.2, 0.25) is 5.75 Å². The molecule has 7 nitrogen and oxygen atoms in total. The standard InChI is InChI=1S/C13H15NO6/c1-18-9-6-8(13(17)14-3-2-11(15)16)7-10-12(9)20-5-4-19-10/h6-7H,2-5H2,1H3,(H,14,17)(H,15,16). The first kappa shape index (κ1) is 14.0. The molecule has 1 aromatic carbocycles. The van der Waals surface area contributed by atoms with Gasteiger partial charge in [0.15, 0.2) is 11.5 Å². The summed E-state index contributed by atoms with van der Waals surface area (Å²) in [5.74, 6) is -0.0306. The van der Waals surface area contributed by atoms with Crippen molar-refractivity contribution in [1.29, 1.82) is 0 Å². The number of methoxy groups -OCH3 is 1. The van der Waals surface area contributed by atoms with Gasteiger partial charge in [-0.3, -0.25) is 9.59 Å². The lowest BCUT2D eigenvalue weighted by Gasteiger charge is -2.21. The molecule has 1 heterocycles. The number of carboxylic acids is 1. The van der Waals surface area contributed by atoms with Crippen molar-refractivity contribution in [2.45, 2.75) is 6.42 Å². The van der Waals surface area contributed by atoms with Crippen molar-refractivity contribution in [3.05, 3.63) is 17.7 Å². The number of hydrogen-bond acceptors (Lipinski definition) is 5. The van der Waals surface area contributed by atoms with E-state index in [4.69, 9.17) is 19.3 Å². The molecule has 1 aliphatic rings. The lowest BCUT2D eigenvalue weighted by Crippen LogP contribution is -2.26. The first-order chi connectivity index (χ1) is 9.61. The molecule has 1 amide bonds. The number of benzene rings is 1. The highest BCUT2D eigenvalue weighted by molar-refractivity contribution is 5.95. The molecule has 0 saturated carbocycles. The molecule has 0 aromatic heterocycles. The van der Waals surface area contributed by atoms with Crippen LogP contribution in [0.1, 0.15) is 16.8 Å². The van der Waals surface area contributed by atoms with E-state index in [1.54, 1.807) is 6.07 Å². The number of ether oxygens (including phenoxy) is 3. The highest BCUT2D eigenvalue weighted by atomic mass is 16.6. The van der Waals surface area contributed by atoms with E-state index in [0.29, 0.717) is 36.0 Å². The van der Waals surface area contributed by atoms with Crippen molar-refractivity contribution in [2.75, 3.05) is 26.9 Å². The number of carbonyl (C=O) groups is 2. The van der Waals surface area contributed by atoms with Gasteiger partial charge in [-0.15, -0.1) is 0 Å². The Morgan fingerprint density at radius 1 is 1.35 bits per heavy atom. The van der Waals surface area contributed by atoms with Gasteiger partial charge in [0, 0.05) is 12.1 Å². The number of carboxylic acid groups (broad SMARTS) is 1. The highest BCUT2D eigenvalue weighted by Crippen LogP contribution is 2.40. The summed E-state index contributed by atoms with van der Waals surface area (Å²) in [6.07, 6.45) is -0.132. The molecule has 2 N–H and O–H groups in total. The van der Waals surface area contributed by atoms with Gasteiger partial charge in [-0.25, -0.2) is 0 Å². The summed E-state index contributed by atoms with van der Waals surface area (Å²) < 4.78 is 16.0. The van der Waals surface area contributed by atoms with Crippen LogP contribution in [-0.2, 0) is 4.79 Å². The van der Waals surface area contributed by atoms with E-state index in [2.05, 4.69) is 5.32 Å². The molecule has 0 fully saturated rings. The van der Waals surface area contributed by atoms with E-state index in [9.17, 15) is 9.59 Å². The lowest BCUT2D eigenvalue weighted by molar-refractivity contribution is -0.136. The third-order valence-electron chi connectivity index (χ3n) is 2.71. The number of carbonyl (C=O) groups excluding carboxylic acids is 1. The highest BCUT2D eigenvalue weighted by Gasteiger charge is 2.20. The van der Waals surface area contributed by atoms with Gasteiger partial charge < -0.3 is 24.6 Å². The molecule has 1 aliphatic heterocycles. The van der Waals surface area contributed by atoms with Crippen LogP contribution in [0.25, 0.3) is 0 Å². The molecule has 0 unspecified atom stereocenters. The van der Waals surface area contributed by atoms with E-state index in [0.717, 1.165) is 0 Å². The zero-order chi connectivity index (χ0) is 14.5. The molecule has 20 heavy (non-hydrogen) atoms. The molecule has 0 bridgehead atoms. The summed E-state index contributed by atoms with van der Waals surface area (Å²) >= 11 is 0. The monoisotopic (exact) mass is 281 g/mol. The second-order valence-corrected chi connectivity index (χ2v) is 4.10. The van der Waals surface area contributed by atoms with E-state index in [-0.39, 0.29) is 18.9 Å². The molecule has 0 spiro atoms. The summed E-state index contributed by atoms with van der Waals surface area (Å²) in [7, 11) is 1.47. The second kappa shape index (κ2) is 6.14. The van der Waals surface area contributed by atoms with E-state index in [1.165, 1.54) is 13.2 Å². The number of nitrogens with one attached hydrogen (secondary N) is 1. The normalized spacial score (nSPS) is 12.7. The quantitative estimate of drug-likeness (QED) is 0.824. The summed E-state index contributed by atoms with van der Waals surface area (Å²) in [5, 5.41) is 11.0. The fourth-order valence-electron chi connectivity index (χ4n) is 1.79. The van der Waals surface area contributed by atoms with E-state index < -0.39 is 5.97 Å². The molecule has 108 valence electrons. The van der Waals surface area contributed by atoms with Crippen LogP contribution in [0.5, 0.6) is 17.2 Å². The molecule has 0 saturated heterocycles. The van der Waals surface area contributed by atoms with Crippen LogP contribution in [0, 0.1) is 0 Å². The summed E-state index contributed by atoms with van der Waals surface area (Å²) in [4.78, 5) is 22.3. The number of hydrogen-bond donors (Lipinski definition) is 2. The first-order valence-corrected chi connectivity index (χ1v) is 6.09. The van der Waals surface area contributed by atoms with Crippen molar-refractivity contribution < 1.29 is 28.9 Å². The third-order valence-corrected chi connectivity index (χ3v) is 2.71. The Bertz CT molecular complexity index is 511. The number of amides is 1. The largest absolute Gasteiger partial charge is 0.493 e. The van der Waals surface area contributed by atoms with Crippen LogP contribution < -0.4 is 19.5 Å². The average molecular weight is 281 g/mol. The molecular weight excluding hydrogens is 266 g/mol. The van der Waals surface area contributed by atoms with Crippen molar-refractivity contribution in [3.63, 3.8) is 0 Å². The Kier molecular flexibility index (Phi) is 4.29. The Hall–Kier alpha value is -2.44. The fourth-order valence-corrected chi connectivity index (χ4v) is 1.79. The smallest absolute Gasteiger partial charge is 0.305 e. The second-order valence-electron chi connectivity index (χ2n) is 4.10. The van der Waals surface area contributed by atoms with Gasteiger partial charge in [-0.2, -0.15) is 0 Å². The van der Waals surface area contributed by atoms with Crippen LogP contribution >= 0.6 is 0 Å². The molecule has 7 heteroatoms. The fraction of sp³-hybridized carbons (Fsp3) is 0.385. The van der Waals surface area contributed by atoms with Crippen molar-refractivity contribution in [3.8, 4) is 17.2 Å². The maximum Gasteiger partial charge on any atom is 0.305 e. The summed E-state index contributed by atoms with van der Waals surface area (Å²) in [6.45, 7) is 0.888. The zero-order valence-electron chi connectivity index (χ0n) is 11.0. The average Bonchev–Trinajstić information content (AvgIpc) is 2.45. The van der Waals surface area contributed by atoms with Gasteiger partial charge in [0.1, 0.15) is 13.2 Å². The summed E-state index contributed by atoms with van der Waals surface area (Å²) in [5.41, 5.74) is 0.330. The molecular formula is C13H15NO6. The minimum atomic E-state index is -0.968. The first-order valence-electron chi connectivity index (χ1n) is 6.09. The Morgan fingerprint density at radius 2 is 2.10 bits per heavy atom. The van der Waals surface area contributed by atoms with E-state index in [1.807, 2.05) is 0 Å². The van der Waals surface area contributed by atoms with Crippen LogP contribution in [0.15, 0.2) is 12.1 Å². The maximum atomic E-state index is 11.9. The molecule has 1 aromatic rings. The summed E-state index contributed by atoms with van der Waals surface area (Å²) in [6, 6.07) is 3.08. The molecule has 0 atom stereocenters. The van der Waals surface area contributed by atoms with Crippen LogP contribution in [0.2, 0.25) is 0 Å². The van der Waals surface area contributed by atoms with Gasteiger partial charge in [-0.05, 0) is 12.1 Å². The van der Waals surface area contributed by atoms with Crippen molar-refractivity contribution in [2.24, 2.45) is 0 Å². The lowest BCUT2D eigenvalue weighted by atomic mass is 10.1. The van der Waals surface area contributed by atoms with Gasteiger partial charge in [-0.1, -0.05) is 0 Å². The zero-order valence-corrected chi connectivity index (χ0v) is 11.0. The van der Waals surface area contributed by atoms with Gasteiger partial charge in [0.25, 0.3) is 5.91 Å². The predicted octanol–water partition coefficient (Wildman–Crippen LogP) is 0.671. The minimum absolute atomic E-state index is 0.0604. The molecule has 0 aliphatic carbocycles. The van der Waals surface area contributed by atoms with Crippen molar-refractivity contribution in [1.82, 2.24) is 5.32 Å². The topological polar surface area (TPSA) is 94.1 Å². The Balaban J connectivity index is 2.15. The number of aliphatic carboxylic acids is 1. The Morgan fingerprint density at radius 3 is 2.80 bits per heavy atom. The molecule has 2 rings (SSSR count). The van der Waals surface area contributed by atoms with Crippen LogP contribution in [0.4, 0.5) is 0 Å². The molecule has 0 radical (unpaired) electrons. The maximum absolute atomic E-state index is 11.9. The third kappa shape index (κ3) is 3.11. The van der Waals surface area contributed by atoms with E-state index >= 15 is 0 Å². The number of fused-ring (bicyclic) bond motifs is 1. The Labute approximate surface area is 115 Å². The SMILES string of the molecule is COc1cc(C(=O)NCCC(=O)O)cc2c1OCCO2. The van der Waals surface area contributed by atoms with Crippen LogP contribution in [0.3, 0.4) is 0 Å². The van der Waals surface area contributed by atoms with Gasteiger partial charge >= 0.3 is 5.97 Å².